The fourth-order valence-electron chi connectivity index (χ4n) is 3.97. The van der Waals surface area contributed by atoms with E-state index in [4.69, 9.17) is 9.47 Å². The molecule has 5 nitrogen and oxygen atoms in total. The summed E-state index contributed by atoms with van der Waals surface area (Å²) in [5.41, 5.74) is 5.18. The van der Waals surface area contributed by atoms with Crippen LogP contribution in [0.4, 0.5) is 5.82 Å². The molecule has 2 aliphatic heterocycles. The molecule has 140 valence electrons. The van der Waals surface area contributed by atoms with Gasteiger partial charge in [-0.15, -0.1) is 0 Å². The number of nitrogens with one attached hydrogen (secondary N) is 1. The van der Waals surface area contributed by atoms with E-state index >= 15 is 0 Å². The number of nitrogens with zero attached hydrogens (tertiary/aromatic N) is 2. The van der Waals surface area contributed by atoms with Crippen molar-refractivity contribution in [2.75, 3.05) is 31.2 Å². The lowest BCUT2D eigenvalue weighted by atomic mass is 9.87. The molecule has 0 spiro atoms. The zero-order valence-corrected chi connectivity index (χ0v) is 16.0. The van der Waals surface area contributed by atoms with E-state index in [0.29, 0.717) is 19.8 Å². The smallest absolute Gasteiger partial charge is 0.293 e. The third-order valence-corrected chi connectivity index (χ3v) is 5.41. The maximum absolute atomic E-state index is 9.99. The molecule has 1 aromatic carbocycles. The van der Waals surface area contributed by atoms with Crippen molar-refractivity contribution < 1.29 is 14.5 Å². The first-order chi connectivity index (χ1) is 13.1. The van der Waals surface area contributed by atoms with E-state index in [0.717, 1.165) is 54.1 Å². The van der Waals surface area contributed by atoms with Crippen molar-refractivity contribution in [2.24, 2.45) is 0 Å². The fraction of sp³-hybridized carbons (Fsp3) is 0.455. The molecule has 27 heavy (non-hydrogen) atoms. The van der Waals surface area contributed by atoms with Gasteiger partial charge < -0.3 is 9.47 Å². The molecule has 4 rings (SSSR count). The molecule has 0 atom stereocenters. The first kappa shape index (κ1) is 18.0. The van der Waals surface area contributed by atoms with Gasteiger partial charge in [-0.25, -0.2) is 4.98 Å². The Morgan fingerprint density at radius 3 is 2.59 bits per heavy atom. The molecule has 1 N–H and O–H groups in total. The number of fused-ring (bicyclic) bond motifs is 1. The van der Waals surface area contributed by atoms with Crippen molar-refractivity contribution in [3.63, 3.8) is 0 Å². The van der Waals surface area contributed by atoms with Gasteiger partial charge in [0.15, 0.2) is 0 Å². The van der Waals surface area contributed by atoms with Crippen LogP contribution in [0, 0.1) is 11.3 Å². The molecule has 2 aliphatic rings. The Kier molecular flexibility index (Phi) is 4.86. The summed E-state index contributed by atoms with van der Waals surface area (Å²) in [5, 5.41) is 9.99. The van der Waals surface area contributed by atoms with Gasteiger partial charge in [0.25, 0.3) is 5.82 Å². The quantitative estimate of drug-likeness (QED) is 0.840. The second-order valence-corrected chi connectivity index (χ2v) is 7.88. The number of morpholine rings is 1. The largest absolute Gasteiger partial charge is 0.373 e. The standard InChI is InChI=1S/C22H25N3O2/c1-22(2)13-17-18(14-23)21(25-8-10-26-11-9-25)24-20(19(17)15-27-22)12-16-6-4-3-5-7-16/h3-7H,8-13,15H2,1-2H3/p+1. The number of pyridine rings is 1. The van der Waals surface area contributed by atoms with Crippen molar-refractivity contribution in [1.82, 2.24) is 0 Å². The van der Waals surface area contributed by atoms with Gasteiger partial charge in [-0.2, -0.15) is 5.26 Å². The van der Waals surface area contributed by atoms with Crippen molar-refractivity contribution in [2.45, 2.75) is 38.9 Å². The molecule has 0 aliphatic carbocycles. The Morgan fingerprint density at radius 1 is 1.15 bits per heavy atom. The van der Waals surface area contributed by atoms with Gasteiger partial charge in [0, 0.05) is 18.4 Å². The van der Waals surface area contributed by atoms with Crippen LogP contribution in [0.3, 0.4) is 0 Å². The minimum absolute atomic E-state index is 0.258. The van der Waals surface area contributed by atoms with Gasteiger partial charge in [-0.05, 0) is 25.0 Å². The van der Waals surface area contributed by atoms with Crippen molar-refractivity contribution >= 4 is 5.82 Å². The second-order valence-electron chi connectivity index (χ2n) is 7.88. The van der Waals surface area contributed by atoms with E-state index in [1.165, 1.54) is 5.56 Å². The van der Waals surface area contributed by atoms with Crippen LogP contribution in [0.2, 0.25) is 0 Å². The molecule has 0 bridgehead atoms. The Morgan fingerprint density at radius 2 is 1.89 bits per heavy atom. The number of H-pyrrole nitrogens is 1. The van der Waals surface area contributed by atoms with Crippen LogP contribution in [0.25, 0.3) is 0 Å². The topological polar surface area (TPSA) is 59.6 Å². The fourth-order valence-corrected chi connectivity index (χ4v) is 3.97. The number of aromatic nitrogens is 1. The maximum Gasteiger partial charge on any atom is 0.293 e. The highest BCUT2D eigenvalue weighted by molar-refractivity contribution is 5.58. The normalized spacial score (nSPS) is 18.6. The number of nitriles is 1. The molecule has 5 heteroatoms. The Labute approximate surface area is 160 Å². The molecule has 1 aromatic heterocycles. The zero-order chi connectivity index (χ0) is 18.9. The van der Waals surface area contributed by atoms with Gasteiger partial charge in [-0.1, -0.05) is 30.3 Å². The number of hydrogen-bond donors (Lipinski definition) is 0. The zero-order valence-electron chi connectivity index (χ0n) is 16.0. The van der Waals surface area contributed by atoms with Gasteiger partial charge in [0.1, 0.15) is 30.4 Å². The summed E-state index contributed by atoms with van der Waals surface area (Å²) in [4.78, 5) is 5.85. The molecule has 3 heterocycles. The molecule has 0 unspecified atom stereocenters. The highest BCUT2D eigenvalue weighted by Crippen LogP contribution is 2.34. The number of aromatic amines is 1. The van der Waals surface area contributed by atoms with E-state index in [9.17, 15) is 5.26 Å². The highest BCUT2D eigenvalue weighted by Gasteiger charge is 2.35. The Balaban J connectivity index is 1.84. The van der Waals surface area contributed by atoms with E-state index in [2.05, 4.69) is 54.1 Å². The van der Waals surface area contributed by atoms with Crippen molar-refractivity contribution in [3.8, 4) is 6.07 Å². The lowest BCUT2D eigenvalue weighted by molar-refractivity contribution is -0.378. The van der Waals surface area contributed by atoms with Crippen molar-refractivity contribution in [1.29, 1.82) is 5.26 Å². The summed E-state index contributed by atoms with van der Waals surface area (Å²) in [6.45, 7) is 7.72. The number of rotatable bonds is 3. The molecular weight excluding hydrogens is 338 g/mol. The summed E-state index contributed by atoms with van der Waals surface area (Å²) in [6.07, 6.45) is 1.55. The van der Waals surface area contributed by atoms with Gasteiger partial charge in [0.05, 0.1) is 25.4 Å². The summed E-state index contributed by atoms with van der Waals surface area (Å²) in [7, 11) is 0. The minimum Gasteiger partial charge on any atom is -0.373 e. The number of ether oxygens (including phenoxy) is 2. The van der Waals surface area contributed by atoms with Gasteiger partial charge in [-0.3, -0.25) is 4.90 Å². The summed E-state index contributed by atoms with van der Waals surface area (Å²) in [6, 6.07) is 12.9. The third-order valence-electron chi connectivity index (χ3n) is 5.41. The molecule has 0 saturated carbocycles. The summed E-state index contributed by atoms with van der Waals surface area (Å²) < 4.78 is 11.6. The van der Waals surface area contributed by atoms with E-state index < -0.39 is 0 Å². The molecule has 0 radical (unpaired) electrons. The van der Waals surface area contributed by atoms with Crippen LogP contribution in [-0.4, -0.2) is 31.9 Å². The van der Waals surface area contributed by atoms with Crippen LogP contribution in [0.1, 0.15) is 41.8 Å². The Hall–Kier alpha value is -2.42. The second kappa shape index (κ2) is 7.30. The van der Waals surface area contributed by atoms with Crippen LogP contribution in [0.5, 0.6) is 0 Å². The van der Waals surface area contributed by atoms with Crippen LogP contribution >= 0.6 is 0 Å². The van der Waals surface area contributed by atoms with Gasteiger partial charge in [0.2, 0.25) is 0 Å². The molecule has 1 saturated heterocycles. The minimum atomic E-state index is -0.258. The lowest BCUT2D eigenvalue weighted by Crippen LogP contribution is -2.43. The first-order valence-electron chi connectivity index (χ1n) is 9.58. The van der Waals surface area contributed by atoms with E-state index in [-0.39, 0.29) is 5.60 Å². The monoisotopic (exact) mass is 364 g/mol. The van der Waals surface area contributed by atoms with Crippen LogP contribution in [0.15, 0.2) is 30.3 Å². The van der Waals surface area contributed by atoms with Crippen LogP contribution < -0.4 is 9.88 Å². The SMILES string of the molecule is CC1(C)Cc2c(C#N)c(N3CCOCC3)[nH+]c(Cc3ccccc3)c2CO1. The highest BCUT2D eigenvalue weighted by atomic mass is 16.5. The molecule has 2 aromatic rings. The number of anilines is 1. The first-order valence-corrected chi connectivity index (χ1v) is 9.58. The van der Waals surface area contributed by atoms with E-state index in [1.807, 2.05) is 6.07 Å². The average molecular weight is 364 g/mol. The third kappa shape index (κ3) is 3.69. The van der Waals surface area contributed by atoms with Crippen molar-refractivity contribution in [3.05, 3.63) is 58.3 Å². The summed E-state index contributed by atoms with van der Waals surface area (Å²) in [5.74, 6) is 0.934. The van der Waals surface area contributed by atoms with Crippen LogP contribution in [-0.2, 0) is 28.9 Å². The van der Waals surface area contributed by atoms with E-state index in [1.54, 1.807) is 0 Å². The Bertz CT molecular complexity index is 865. The van der Waals surface area contributed by atoms with Gasteiger partial charge >= 0.3 is 0 Å². The predicted molar refractivity (Wildman–Crippen MR) is 103 cm³/mol. The number of benzene rings is 1. The maximum atomic E-state index is 9.99. The average Bonchev–Trinajstić information content (AvgIpc) is 2.68. The number of hydrogen-bond acceptors (Lipinski definition) is 4. The molecular formula is C22H26N3O2+. The lowest BCUT2D eigenvalue weighted by Gasteiger charge is -2.33. The molecule has 0 amide bonds. The predicted octanol–water partition coefficient (Wildman–Crippen LogP) is 2.65. The summed E-state index contributed by atoms with van der Waals surface area (Å²) >= 11 is 0. The molecule has 1 fully saturated rings.